The standard InChI is InChI=1S/C14H14Br2FNS/c1-3-18-13(10-7-12(15)19-14(10)16)9-5-4-8(2)6-11(9)17/h4-7,13,18H,3H2,1-2H3. The maximum atomic E-state index is 14.2. The molecule has 0 bridgehead atoms. The fourth-order valence-electron chi connectivity index (χ4n) is 2.01. The van der Waals surface area contributed by atoms with Gasteiger partial charge in [0.05, 0.1) is 13.6 Å². The lowest BCUT2D eigenvalue weighted by Gasteiger charge is -2.19. The van der Waals surface area contributed by atoms with Gasteiger partial charge in [-0.15, -0.1) is 11.3 Å². The van der Waals surface area contributed by atoms with E-state index in [4.69, 9.17) is 0 Å². The lowest BCUT2D eigenvalue weighted by atomic mass is 9.99. The summed E-state index contributed by atoms with van der Waals surface area (Å²) in [5.41, 5.74) is 2.67. The summed E-state index contributed by atoms with van der Waals surface area (Å²) in [5.74, 6) is -0.167. The summed E-state index contributed by atoms with van der Waals surface area (Å²) < 4.78 is 16.2. The van der Waals surface area contributed by atoms with Crippen LogP contribution in [0.4, 0.5) is 4.39 Å². The Morgan fingerprint density at radius 2 is 2.00 bits per heavy atom. The van der Waals surface area contributed by atoms with Crippen LogP contribution in [0.5, 0.6) is 0 Å². The summed E-state index contributed by atoms with van der Waals surface area (Å²) in [6.45, 7) is 4.69. The summed E-state index contributed by atoms with van der Waals surface area (Å²) in [5, 5.41) is 3.35. The van der Waals surface area contributed by atoms with Gasteiger partial charge in [0.1, 0.15) is 5.82 Å². The van der Waals surface area contributed by atoms with E-state index >= 15 is 0 Å². The fraction of sp³-hybridized carbons (Fsp3) is 0.286. The van der Waals surface area contributed by atoms with Crippen LogP contribution in [-0.2, 0) is 0 Å². The van der Waals surface area contributed by atoms with E-state index in [-0.39, 0.29) is 11.9 Å². The number of nitrogens with one attached hydrogen (secondary N) is 1. The van der Waals surface area contributed by atoms with Crippen LogP contribution in [0.15, 0.2) is 31.8 Å². The van der Waals surface area contributed by atoms with E-state index in [2.05, 4.69) is 37.2 Å². The minimum absolute atomic E-state index is 0.137. The predicted molar refractivity (Wildman–Crippen MR) is 86.4 cm³/mol. The van der Waals surface area contributed by atoms with Crippen molar-refractivity contribution in [3.8, 4) is 0 Å². The van der Waals surface area contributed by atoms with Gasteiger partial charge in [0.25, 0.3) is 0 Å². The first kappa shape index (κ1) is 15.2. The Morgan fingerprint density at radius 3 is 2.53 bits per heavy atom. The minimum Gasteiger partial charge on any atom is -0.306 e. The van der Waals surface area contributed by atoms with Crippen LogP contribution < -0.4 is 5.32 Å². The van der Waals surface area contributed by atoms with E-state index in [0.29, 0.717) is 5.56 Å². The van der Waals surface area contributed by atoms with Gasteiger partial charge in [-0.2, -0.15) is 0 Å². The Bertz CT molecular complexity index is 583. The average Bonchev–Trinajstić information content (AvgIpc) is 2.66. The molecule has 1 aromatic heterocycles. The first-order chi connectivity index (χ1) is 9.02. The molecule has 1 unspecified atom stereocenters. The molecular weight excluding hydrogens is 393 g/mol. The average molecular weight is 407 g/mol. The summed E-state index contributed by atoms with van der Waals surface area (Å²) in [7, 11) is 0. The van der Waals surface area contributed by atoms with Gasteiger partial charge in [0.15, 0.2) is 0 Å². The van der Waals surface area contributed by atoms with E-state index in [9.17, 15) is 4.39 Å². The molecular formula is C14H14Br2FNS. The van der Waals surface area contributed by atoms with Gasteiger partial charge in [-0.3, -0.25) is 0 Å². The number of hydrogen-bond acceptors (Lipinski definition) is 2. The Labute approximate surface area is 133 Å². The Morgan fingerprint density at radius 1 is 1.26 bits per heavy atom. The molecule has 1 nitrogen and oxygen atoms in total. The van der Waals surface area contributed by atoms with Gasteiger partial charge in [-0.1, -0.05) is 19.1 Å². The predicted octanol–water partition coefficient (Wildman–Crippen LogP) is 5.42. The zero-order valence-corrected chi connectivity index (χ0v) is 14.6. The van der Waals surface area contributed by atoms with Gasteiger partial charge in [0.2, 0.25) is 0 Å². The molecule has 2 rings (SSSR count). The Kier molecular flexibility index (Phi) is 5.17. The highest BCUT2D eigenvalue weighted by molar-refractivity contribution is 9.12. The highest BCUT2D eigenvalue weighted by Gasteiger charge is 2.21. The molecule has 0 aliphatic carbocycles. The molecule has 0 aliphatic rings. The van der Waals surface area contributed by atoms with Crippen molar-refractivity contribution in [2.24, 2.45) is 0 Å². The SMILES string of the molecule is CCNC(c1ccc(C)cc1F)c1cc(Br)sc1Br. The molecule has 1 N–H and O–H groups in total. The van der Waals surface area contributed by atoms with Gasteiger partial charge >= 0.3 is 0 Å². The number of benzene rings is 1. The number of aryl methyl sites for hydroxylation is 1. The zero-order chi connectivity index (χ0) is 14.0. The lowest BCUT2D eigenvalue weighted by Crippen LogP contribution is -2.22. The zero-order valence-electron chi connectivity index (χ0n) is 10.6. The molecule has 0 spiro atoms. The second-order valence-corrected chi connectivity index (χ2v) is 8.04. The molecule has 19 heavy (non-hydrogen) atoms. The van der Waals surface area contributed by atoms with Crippen LogP contribution in [0.1, 0.15) is 29.7 Å². The third kappa shape index (κ3) is 3.45. The molecule has 1 aromatic carbocycles. The molecule has 1 heterocycles. The van der Waals surface area contributed by atoms with Crippen LogP contribution in [-0.4, -0.2) is 6.54 Å². The summed E-state index contributed by atoms with van der Waals surface area (Å²) >= 11 is 8.62. The van der Waals surface area contributed by atoms with Gasteiger partial charge < -0.3 is 5.32 Å². The number of rotatable bonds is 4. The van der Waals surface area contributed by atoms with Crippen molar-refractivity contribution in [1.29, 1.82) is 0 Å². The quantitative estimate of drug-likeness (QED) is 0.714. The van der Waals surface area contributed by atoms with Crippen LogP contribution >= 0.6 is 43.2 Å². The van der Waals surface area contributed by atoms with E-state index in [1.54, 1.807) is 17.4 Å². The number of thiophene rings is 1. The smallest absolute Gasteiger partial charge is 0.128 e. The van der Waals surface area contributed by atoms with E-state index in [1.165, 1.54) is 0 Å². The summed E-state index contributed by atoms with van der Waals surface area (Å²) in [6, 6.07) is 7.27. The molecule has 102 valence electrons. The molecule has 0 fully saturated rings. The number of hydrogen-bond donors (Lipinski definition) is 1. The molecule has 0 radical (unpaired) electrons. The van der Waals surface area contributed by atoms with Crippen molar-refractivity contribution >= 4 is 43.2 Å². The van der Waals surface area contributed by atoms with Crippen molar-refractivity contribution in [3.63, 3.8) is 0 Å². The topological polar surface area (TPSA) is 12.0 Å². The molecule has 0 saturated carbocycles. The normalized spacial score (nSPS) is 12.7. The summed E-state index contributed by atoms with van der Waals surface area (Å²) in [6.07, 6.45) is 0. The maximum Gasteiger partial charge on any atom is 0.128 e. The van der Waals surface area contributed by atoms with Gasteiger partial charge in [-0.25, -0.2) is 4.39 Å². The van der Waals surface area contributed by atoms with Crippen molar-refractivity contribution in [3.05, 3.63) is 54.3 Å². The molecule has 0 saturated heterocycles. The molecule has 2 aromatic rings. The molecule has 0 amide bonds. The van der Waals surface area contributed by atoms with Gasteiger partial charge in [0, 0.05) is 5.56 Å². The van der Waals surface area contributed by atoms with Crippen molar-refractivity contribution in [2.75, 3.05) is 6.54 Å². The monoisotopic (exact) mass is 405 g/mol. The van der Waals surface area contributed by atoms with Crippen molar-refractivity contribution < 1.29 is 4.39 Å². The number of halogens is 3. The van der Waals surface area contributed by atoms with Crippen LogP contribution in [0, 0.1) is 12.7 Å². The van der Waals surface area contributed by atoms with Crippen LogP contribution in [0.2, 0.25) is 0 Å². The largest absolute Gasteiger partial charge is 0.306 e. The first-order valence-corrected chi connectivity index (χ1v) is 8.37. The van der Waals surface area contributed by atoms with E-state index < -0.39 is 0 Å². The Balaban J connectivity index is 2.48. The molecule has 0 aliphatic heterocycles. The van der Waals surface area contributed by atoms with Crippen LogP contribution in [0.3, 0.4) is 0 Å². The third-order valence-electron chi connectivity index (χ3n) is 2.87. The van der Waals surface area contributed by atoms with Gasteiger partial charge in [-0.05, 0) is 68.6 Å². The molecule has 1 atom stereocenters. The second-order valence-electron chi connectivity index (χ2n) is 4.30. The lowest BCUT2D eigenvalue weighted by molar-refractivity contribution is 0.558. The highest BCUT2D eigenvalue weighted by Crippen LogP contribution is 2.38. The van der Waals surface area contributed by atoms with Crippen molar-refractivity contribution in [2.45, 2.75) is 19.9 Å². The molecule has 5 heteroatoms. The third-order valence-corrected chi connectivity index (χ3v) is 5.26. The van der Waals surface area contributed by atoms with Crippen LogP contribution in [0.25, 0.3) is 0 Å². The fourth-order valence-corrected chi connectivity index (χ4v) is 4.91. The first-order valence-electron chi connectivity index (χ1n) is 5.97. The Hall–Kier alpha value is -0.230. The van der Waals surface area contributed by atoms with E-state index in [0.717, 1.165) is 25.2 Å². The summed E-state index contributed by atoms with van der Waals surface area (Å²) in [4.78, 5) is 0. The highest BCUT2D eigenvalue weighted by atomic mass is 79.9. The van der Waals surface area contributed by atoms with E-state index in [1.807, 2.05) is 32.0 Å². The minimum atomic E-state index is -0.167. The maximum absolute atomic E-state index is 14.2. The second kappa shape index (κ2) is 6.48. The van der Waals surface area contributed by atoms with Crippen molar-refractivity contribution in [1.82, 2.24) is 5.32 Å².